The summed E-state index contributed by atoms with van der Waals surface area (Å²) in [5.41, 5.74) is 2.88. The highest BCUT2D eigenvalue weighted by molar-refractivity contribution is 6.23. The molecule has 1 aliphatic rings. The first-order valence-corrected chi connectivity index (χ1v) is 14.6. The average Bonchev–Trinajstić information content (AvgIpc) is 3.03. The topological polar surface area (TPSA) is 90.0 Å². The number of nitrogens with one attached hydrogen (secondary N) is 1. The van der Waals surface area contributed by atoms with Gasteiger partial charge in [0.2, 0.25) is 11.8 Å². The van der Waals surface area contributed by atoms with Gasteiger partial charge in [0.05, 0.1) is 6.61 Å². The van der Waals surface area contributed by atoms with Gasteiger partial charge < -0.3 is 20.2 Å². The van der Waals surface area contributed by atoms with Crippen LogP contribution in [-0.2, 0) is 16.0 Å². The number of anilines is 1. The number of hydrogen-bond acceptors (Lipinski definition) is 5. The zero-order valence-electron chi connectivity index (χ0n) is 23.8. The zero-order valence-corrected chi connectivity index (χ0v) is 23.8. The molecule has 0 saturated carbocycles. The van der Waals surface area contributed by atoms with Gasteiger partial charge in [-0.3, -0.25) is 14.4 Å². The molecule has 6 rings (SSSR count). The van der Waals surface area contributed by atoms with Gasteiger partial charge in [0.15, 0.2) is 5.78 Å². The number of aryl methyl sites for hydroxylation is 1. The van der Waals surface area contributed by atoms with Gasteiger partial charge in [-0.2, -0.15) is 0 Å². The number of nitrogens with zero attached hydrogens (tertiary/aromatic N) is 2. The minimum absolute atomic E-state index is 0.0292. The Morgan fingerprint density at radius 2 is 1.45 bits per heavy atom. The molecule has 42 heavy (non-hydrogen) atoms. The Kier molecular flexibility index (Phi) is 7.76. The molecular formula is C35H35N3O4. The Balaban J connectivity index is 1.03. The van der Waals surface area contributed by atoms with Gasteiger partial charge >= 0.3 is 0 Å². The van der Waals surface area contributed by atoms with Gasteiger partial charge in [0, 0.05) is 43.9 Å². The number of rotatable bonds is 9. The summed E-state index contributed by atoms with van der Waals surface area (Å²) in [6.45, 7) is 3.37. The number of carbonyl (C=O) groups excluding carboxylic acids is 3. The van der Waals surface area contributed by atoms with Gasteiger partial charge in [-0.15, -0.1) is 0 Å². The summed E-state index contributed by atoms with van der Waals surface area (Å²) in [5, 5.41) is 20.1. The van der Waals surface area contributed by atoms with Gasteiger partial charge in [0.1, 0.15) is 6.04 Å². The van der Waals surface area contributed by atoms with Crippen molar-refractivity contribution >= 4 is 55.6 Å². The van der Waals surface area contributed by atoms with Crippen LogP contribution in [0.3, 0.4) is 0 Å². The first kappa shape index (κ1) is 27.7. The predicted molar refractivity (Wildman–Crippen MR) is 167 cm³/mol. The molecule has 214 valence electrons. The molecule has 1 fully saturated rings. The van der Waals surface area contributed by atoms with E-state index in [1.54, 1.807) is 11.8 Å². The molecule has 1 unspecified atom stereocenters. The number of benzene rings is 5. The van der Waals surface area contributed by atoms with Gasteiger partial charge in [-0.05, 0) is 81.9 Å². The van der Waals surface area contributed by atoms with Crippen LogP contribution in [-0.4, -0.2) is 66.4 Å². The summed E-state index contributed by atoms with van der Waals surface area (Å²) in [4.78, 5) is 41.4. The number of amides is 2. The fourth-order valence-electron chi connectivity index (χ4n) is 6.22. The van der Waals surface area contributed by atoms with E-state index in [1.165, 1.54) is 37.9 Å². The molecule has 1 heterocycles. The highest BCUT2D eigenvalue weighted by atomic mass is 16.3. The summed E-state index contributed by atoms with van der Waals surface area (Å²) in [6.07, 6.45) is 1.66. The molecule has 5 aromatic rings. The van der Waals surface area contributed by atoms with E-state index in [9.17, 15) is 19.5 Å². The van der Waals surface area contributed by atoms with Crippen LogP contribution in [0.25, 0.3) is 32.3 Å². The smallest absolute Gasteiger partial charge is 0.247 e. The molecule has 7 nitrogen and oxygen atoms in total. The molecule has 2 N–H and O–H groups in total. The van der Waals surface area contributed by atoms with E-state index in [4.69, 9.17) is 0 Å². The largest absolute Gasteiger partial charge is 0.394 e. The number of Topliss-reactive ketones (excluding diaryl/α,β-unsaturated/α-hetero) is 1. The lowest BCUT2D eigenvalue weighted by Crippen LogP contribution is -2.56. The Bertz CT molecular complexity index is 1740. The van der Waals surface area contributed by atoms with Crippen molar-refractivity contribution in [2.75, 3.05) is 37.7 Å². The van der Waals surface area contributed by atoms with Crippen molar-refractivity contribution in [3.63, 3.8) is 0 Å². The minimum Gasteiger partial charge on any atom is -0.394 e. The van der Waals surface area contributed by atoms with Crippen LogP contribution in [0.4, 0.5) is 5.69 Å². The summed E-state index contributed by atoms with van der Waals surface area (Å²) in [5.74, 6) is -0.463. The first-order chi connectivity index (χ1) is 20.4. The summed E-state index contributed by atoms with van der Waals surface area (Å²) in [7, 11) is 0. The van der Waals surface area contributed by atoms with Gasteiger partial charge in [0.25, 0.3) is 0 Å². The van der Waals surface area contributed by atoms with E-state index in [0.717, 1.165) is 12.1 Å². The molecule has 0 spiro atoms. The lowest BCUT2D eigenvalue weighted by molar-refractivity contribution is -0.137. The van der Waals surface area contributed by atoms with Gasteiger partial charge in [-0.25, -0.2) is 0 Å². The van der Waals surface area contributed by atoms with E-state index in [0.29, 0.717) is 38.2 Å². The lowest BCUT2D eigenvalue weighted by Gasteiger charge is -2.37. The lowest BCUT2D eigenvalue weighted by atomic mass is 9.90. The molecule has 0 bridgehead atoms. The number of carbonyl (C=O) groups is 3. The number of ketones is 1. The highest BCUT2D eigenvalue weighted by Gasteiger charge is 2.28. The van der Waals surface area contributed by atoms with E-state index >= 15 is 0 Å². The molecule has 5 aromatic carbocycles. The van der Waals surface area contributed by atoms with Crippen molar-refractivity contribution in [2.24, 2.45) is 0 Å². The molecule has 2 amide bonds. The second-order valence-electron chi connectivity index (χ2n) is 11.2. The molecular weight excluding hydrogens is 526 g/mol. The predicted octanol–water partition coefficient (Wildman–Crippen LogP) is 4.94. The van der Waals surface area contributed by atoms with Crippen LogP contribution in [0.2, 0.25) is 0 Å². The number of aliphatic hydroxyl groups excluding tert-OH is 1. The van der Waals surface area contributed by atoms with E-state index in [-0.39, 0.29) is 24.0 Å². The SMILES string of the molecule is CC(=O)c1ccc(N2CCN(C(=O)C(CO)NC(=O)CCCc3ccc4ccc5cccc6ccc3c4c56)CC2)cc1. The molecule has 0 radical (unpaired) electrons. The molecule has 1 atom stereocenters. The van der Waals surface area contributed by atoms with E-state index < -0.39 is 12.6 Å². The standard InChI is InChI=1S/C35H35N3O4/c1-23(40)24-12-15-29(16-13-24)37-18-20-38(21-19-37)35(42)31(22-39)36-32(41)7-3-4-25-8-9-28-11-10-26-5-2-6-27-14-17-30(25)34(28)33(26)27/h2,5-6,8-17,31,39H,3-4,7,18-22H2,1H3,(H,36,41). The molecule has 7 heteroatoms. The molecule has 0 aliphatic carbocycles. The average molecular weight is 562 g/mol. The second-order valence-corrected chi connectivity index (χ2v) is 11.2. The third-order valence-electron chi connectivity index (χ3n) is 8.52. The summed E-state index contributed by atoms with van der Waals surface area (Å²) in [6, 6.07) is 25.9. The van der Waals surface area contributed by atoms with Crippen LogP contribution >= 0.6 is 0 Å². The van der Waals surface area contributed by atoms with Crippen molar-refractivity contribution < 1.29 is 19.5 Å². The van der Waals surface area contributed by atoms with Crippen molar-refractivity contribution in [3.8, 4) is 0 Å². The van der Waals surface area contributed by atoms with E-state index in [1.807, 2.05) is 24.3 Å². The van der Waals surface area contributed by atoms with Crippen molar-refractivity contribution in [2.45, 2.75) is 32.2 Å². The first-order valence-electron chi connectivity index (χ1n) is 14.6. The number of piperazine rings is 1. The van der Waals surface area contributed by atoms with Crippen molar-refractivity contribution in [1.82, 2.24) is 10.2 Å². The van der Waals surface area contributed by atoms with Gasteiger partial charge in [-0.1, -0.05) is 54.6 Å². The van der Waals surface area contributed by atoms with Crippen molar-refractivity contribution in [1.29, 1.82) is 0 Å². The maximum Gasteiger partial charge on any atom is 0.247 e. The van der Waals surface area contributed by atoms with E-state index in [2.05, 4.69) is 64.8 Å². The third-order valence-corrected chi connectivity index (χ3v) is 8.52. The fraction of sp³-hybridized carbons (Fsp3) is 0.286. The number of hydrogen-bond donors (Lipinski definition) is 2. The molecule has 0 aromatic heterocycles. The maximum atomic E-state index is 13.1. The second kappa shape index (κ2) is 11.8. The Morgan fingerprint density at radius 3 is 2.12 bits per heavy atom. The normalized spacial score (nSPS) is 14.5. The quantitative estimate of drug-likeness (QED) is 0.197. The van der Waals surface area contributed by atoms with Crippen LogP contribution in [0.15, 0.2) is 78.9 Å². The maximum absolute atomic E-state index is 13.1. The van der Waals surface area contributed by atoms with Crippen molar-refractivity contribution in [3.05, 3.63) is 90.0 Å². The Hall–Kier alpha value is -4.49. The molecule has 1 aliphatic heterocycles. The Labute approximate surface area is 245 Å². The van der Waals surface area contributed by atoms with Crippen LogP contribution in [0.1, 0.15) is 35.7 Å². The summed E-state index contributed by atoms with van der Waals surface area (Å²) >= 11 is 0. The summed E-state index contributed by atoms with van der Waals surface area (Å²) < 4.78 is 0. The van der Waals surface area contributed by atoms with Crippen LogP contribution in [0.5, 0.6) is 0 Å². The third kappa shape index (κ3) is 5.40. The zero-order chi connectivity index (χ0) is 29.2. The van der Waals surface area contributed by atoms with Crippen LogP contribution < -0.4 is 10.2 Å². The Morgan fingerprint density at radius 1 is 0.810 bits per heavy atom. The minimum atomic E-state index is -0.951. The number of aliphatic hydroxyl groups is 1. The fourth-order valence-corrected chi connectivity index (χ4v) is 6.22. The van der Waals surface area contributed by atoms with Crippen LogP contribution in [0, 0.1) is 0 Å². The highest BCUT2D eigenvalue weighted by Crippen LogP contribution is 2.36. The monoisotopic (exact) mass is 561 g/mol. The molecule has 1 saturated heterocycles.